The highest BCUT2D eigenvalue weighted by Gasteiger charge is 2.12. The third-order valence-electron chi connectivity index (χ3n) is 4.73. The topological polar surface area (TPSA) is 70.9 Å². The predicted molar refractivity (Wildman–Crippen MR) is 128 cm³/mol. The number of aromatic hydroxyl groups is 1. The van der Waals surface area contributed by atoms with Crippen molar-refractivity contribution < 1.29 is 14.6 Å². The number of fused-ring (bicyclic) bond motifs is 1. The molecule has 0 aliphatic carbocycles. The van der Waals surface area contributed by atoms with Gasteiger partial charge in [-0.25, -0.2) is 5.43 Å². The number of benzene rings is 4. The third kappa shape index (κ3) is 5.02. The van der Waals surface area contributed by atoms with Gasteiger partial charge in [0, 0.05) is 0 Å². The van der Waals surface area contributed by atoms with E-state index < -0.39 is 5.91 Å². The van der Waals surface area contributed by atoms with Gasteiger partial charge in [-0.3, -0.25) is 4.79 Å². The SMILES string of the molecule is O=C(NN=Cc1cc(Cl)c(OCc2ccccc2)c(Cl)c1)c1cc2ccccc2cc1O. The minimum atomic E-state index is -0.537. The molecule has 0 spiro atoms. The summed E-state index contributed by atoms with van der Waals surface area (Å²) in [7, 11) is 0. The second-order valence-electron chi connectivity index (χ2n) is 7.00. The van der Waals surface area contributed by atoms with Crippen molar-refractivity contribution in [1.82, 2.24) is 5.43 Å². The lowest BCUT2D eigenvalue weighted by atomic mass is 10.1. The van der Waals surface area contributed by atoms with Gasteiger partial charge in [-0.1, -0.05) is 77.8 Å². The number of hydrogen-bond acceptors (Lipinski definition) is 4. The summed E-state index contributed by atoms with van der Waals surface area (Å²) in [6.07, 6.45) is 1.41. The van der Waals surface area contributed by atoms with Crippen molar-refractivity contribution in [3.05, 3.63) is 106 Å². The fourth-order valence-electron chi connectivity index (χ4n) is 3.16. The van der Waals surface area contributed by atoms with Crippen LogP contribution in [0.15, 0.2) is 84.0 Å². The third-order valence-corrected chi connectivity index (χ3v) is 5.30. The highest BCUT2D eigenvalue weighted by atomic mass is 35.5. The summed E-state index contributed by atoms with van der Waals surface area (Å²) in [6.45, 7) is 0.332. The van der Waals surface area contributed by atoms with Crippen LogP contribution < -0.4 is 10.2 Å². The molecular formula is C25H18Cl2N2O3. The Bertz CT molecular complexity index is 1280. The number of phenols is 1. The number of nitrogens with one attached hydrogen (secondary N) is 1. The first-order chi connectivity index (χ1) is 15.5. The molecule has 32 heavy (non-hydrogen) atoms. The number of nitrogens with zero attached hydrogens (tertiary/aromatic N) is 1. The van der Waals surface area contributed by atoms with Crippen LogP contribution in [-0.2, 0) is 6.61 Å². The van der Waals surface area contributed by atoms with Crippen LogP contribution >= 0.6 is 23.2 Å². The molecule has 7 heteroatoms. The molecule has 0 radical (unpaired) electrons. The molecule has 0 aliphatic heterocycles. The van der Waals surface area contributed by atoms with Crippen molar-refractivity contribution in [2.45, 2.75) is 6.61 Å². The van der Waals surface area contributed by atoms with Crippen LogP contribution in [0.4, 0.5) is 0 Å². The smallest absolute Gasteiger partial charge is 0.275 e. The van der Waals surface area contributed by atoms with E-state index in [1.807, 2.05) is 54.6 Å². The van der Waals surface area contributed by atoms with Crippen LogP contribution in [-0.4, -0.2) is 17.2 Å². The van der Waals surface area contributed by atoms with E-state index in [0.29, 0.717) is 28.0 Å². The molecule has 0 aromatic heterocycles. The van der Waals surface area contributed by atoms with E-state index in [9.17, 15) is 9.90 Å². The highest BCUT2D eigenvalue weighted by Crippen LogP contribution is 2.34. The second-order valence-corrected chi connectivity index (χ2v) is 7.82. The van der Waals surface area contributed by atoms with Crippen molar-refractivity contribution >= 4 is 46.1 Å². The lowest BCUT2D eigenvalue weighted by molar-refractivity contribution is 0.0952. The first kappa shape index (κ1) is 21.7. The summed E-state index contributed by atoms with van der Waals surface area (Å²) in [6, 6.07) is 23.5. The van der Waals surface area contributed by atoms with E-state index in [0.717, 1.165) is 16.3 Å². The number of hydrogen-bond donors (Lipinski definition) is 2. The number of ether oxygens (including phenoxy) is 1. The van der Waals surface area contributed by atoms with Gasteiger partial charge >= 0.3 is 0 Å². The average Bonchev–Trinajstić information content (AvgIpc) is 2.78. The normalized spacial score (nSPS) is 11.1. The van der Waals surface area contributed by atoms with E-state index >= 15 is 0 Å². The second kappa shape index (κ2) is 9.73. The number of phenolic OH excluding ortho intramolecular Hbond substituents is 1. The van der Waals surface area contributed by atoms with Gasteiger partial charge in [0.25, 0.3) is 5.91 Å². The molecule has 0 saturated carbocycles. The lowest BCUT2D eigenvalue weighted by Crippen LogP contribution is -2.17. The van der Waals surface area contributed by atoms with Gasteiger partial charge in [-0.15, -0.1) is 0 Å². The zero-order valence-corrected chi connectivity index (χ0v) is 18.3. The number of hydrazone groups is 1. The number of halogens is 2. The highest BCUT2D eigenvalue weighted by molar-refractivity contribution is 6.37. The molecule has 0 unspecified atom stereocenters. The molecule has 2 N–H and O–H groups in total. The summed E-state index contributed by atoms with van der Waals surface area (Å²) < 4.78 is 5.75. The van der Waals surface area contributed by atoms with Crippen LogP contribution in [0.2, 0.25) is 10.0 Å². The Balaban J connectivity index is 1.44. The molecule has 0 aliphatic rings. The van der Waals surface area contributed by atoms with Gasteiger partial charge in [0.15, 0.2) is 5.75 Å². The molecule has 4 rings (SSSR count). The minimum Gasteiger partial charge on any atom is -0.507 e. The van der Waals surface area contributed by atoms with Gasteiger partial charge in [0.2, 0.25) is 0 Å². The van der Waals surface area contributed by atoms with Gasteiger partial charge in [-0.05, 0) is 46.2 Å². The maximum Gasteiger partial charge on any atom is 0.275 e. The number of rotatable bonds is 6. The Hall–Kier alpha value is -3.54. The molecule has 0 fully saturated rings. The van der Waals surface area contributed by atoms with E-state index in [1.54, 1.807) is 24.3 Å². The summed E-state index contributed by atoms with van der Waals surface area (Å²) in [5, 5.41) is 16.4. The Labute approximate surface area is 194 Å². The van der Waals surface area contributed by atoms with E-state index in [-0.39, 0.29) is 11.3 Å². The van der Waals surface area contributed by atoms with Crippen molar-refractivity contribution in [1.29, 1.82) is 0 Å². The van der Waals surface area contributed by atoms with Gasteiger partial charge in [-0.2, -0.15) is 5.10 Å². The van der Waals surface area contributed by atoms with E-state index in [4.69, 9.17) is 27.9 Å². The molecular weight excluding hydrogens is 447 g/mol. The molecule has 5 nitrogen and oxygen atoms in total. The van der Waals surface area contributed by atoms with Crippen LogP contribution in [0.5, 0.6) is 11.5 Å². The maximum absolute atomic E-state index is 12.5. The first-order valence-electron chi connectivity index (χ1n) is 9.72. The quantitative estimate of drug-likeness (QED) is 0.263. The standard InChI is InChI=1S/C25H18Cl2N2O3/c26-21-10-17(11-22(27)24(21)32-15-16-6-2-1-3-7-16)14-28-29-25(31)20-12-18-8-4-5-9-19(18)13-23(20)30/h1-14,30H,15H2,(H,29,31). The summed E-state index contributed by atoms with van der Waals surface area (Å²) in [4.78, 5) is 12.5. The van der Waals surface area contributed by atoms with Gasteiger partial charge < -0.3 is 9.84 Å². The molecule has 160 valence electrons. The summed E-state index contributed by atoms with van der Waals surface area (Å²) in [5.74, 6) is -0.286. The van der Waals surface area contributed by atoms with E-state index in [2.05, 4.69) is 10.5 Å². The molecule has 1 amide bonds. The van der Waals surface area contributed by atoms with Crippen molar-refractivity contribution in [3.63, 3.8) is 0 Å². The zero-order valence-electron chi connectivity index (χ0n) is 16.8. The number of amides is 1. The molecule has 4 aromatic carbocycles. The van der Waals surface area contributed by atoms with Crippen LogP contribution in [0.1, 0.15) is 21.5 Å². The molecule has 0 atom stereocenters. The molecule has 0 bridgehead atoms. The number of carbonyl (C=O) groups is 1. The largest absolute Gasteiger partial charge is 0.507 e. The summed E-state index contributed by atoms with van der Waals surface area (Å²) >= 11 is 12.6. The van der Waals surface area contributed by atoms with Crippen LogP contribution in [0.3, 0.4) is 0 Å². The fourth-order valence-corrected chi connectivity index (χ4v) is 3.77. The predicted octanol–water partition coefficient (Wildman–Crippen LogP) is 6.20. The van der Waals surface area contributed by atoms with Crippen LogP contribution in [0.25, 0.3) is 10.8 Å². The lowest BCUT2D eigenvalue weighted by Gasteiger charge is -2.11. The van der Waals surface area contributed by atoms with Gasteiger partial charge in [0.1, 0.15) is 12.4 Å². The Morgan fingerprint density at radius 3 is 2.25 bits per heavy atom. The van der Waals surface area contributed by atoms with Crippen molar-refractivity contribution in [2.24, 2.45) is 5.10 Å². The maximum atomic E-state index is 12.5. The monoisotopic (exact) mass is 464 g/mol. The zero-order chi connectivity index (χ0) is 22.5. The fraction of sp³-hybridized carbons (Fsp3) is 0.0400. The minimum absolute atomic E-state index is 0.123. The average molecular weight is 465 g/mol. The molecule has 0 saturated heterocycles. The Kier molecular flexibility index (Phi) is 6.59. The van der Waals surface area contributed by atoms with Crippen molar-refractivity contribution in [2.75, 3.05) is 0 Å². The molecule has 0 heterocycles. The van der Waals surface area contributed by atoms with Crippen molar-refractivity contribution in [3.8, 4) is 11.5 Å². The van der Waals surface area contributed by atoms with E-state index in [1.165, 1.54) is 6.21 Å². The first-order valence-corrected chi connectivity index (χ1v) is 10.5. The Morgan fingerprint density at radius 1 is 0.938 bits per heavy atom. The van der Waals surface area contributed by atoms with Gasteiger partial charge in [0.05, 0.1) is 21.8 Å². The molecule has 4 aromatic rings. The number of carbonyl (C=O) groups excluding carboxylic acids is 1. The summed E-state index contributed by atoms with van der Waals surface area (Å²) in [5.41, 5.74) is 4.10. The Morgan fingerprint density at radius 2 is 1.56 bits per heavy atom. The van der Waals surface area contributed by atoms with Crippen LogP contribution in [0, 0.1) is 0 Å².